The largest absolute Gasteiger partial charge is 0.496 e. The van der Waals surface area contributed by atoms with E-state index in [0.29, 0.717) is 17.5 Å². The normalized spacial score (nSPS) is 11.9. The van der Waals surface area contributed by atoms with Gasteiger partial charge in [0.25, 0.3) is 0 Å². The number of allylic oxidation sites excluding steroid dienone is 1. The quantitative estimate of drug-likeness (QED) is 0.706. The van der Waals surface area contributed by atoms with E-state index in [0.717, 1.165) is 10.5 Å². The SMILES string of the molecule is COc1ccc(Br)cc1/C=C(\C#N)c1ccc(C(F)(F)F)cn1. The Morgan fingerprint density at radius 1 is 1.30 bits per heavy atom. The Balaban J connectivity index is 2.44. The monoisotopic (exact) mass is 382 g/mol. The number of nitriles is 1. The zero-order valence-corrected chi connectivity index (χ0v) is 13.4. The van der Waals surface area contributed by atoms with Gasteiger partial charge in [0.1, 0.15) is 11.8 Å². The van der Waals surface area contributed by atoms with Crippen LogP contribution in [-0.4, -0.2) is 12.1 Å². The van der Waals surface area contributed by atoms with Crippen molar-refractivity contribution in [3.05, 3.63) is 57.8 Å². The minimum absolute atomic E-state index is 0.134. The predicted octanol–water partition coefficient (Wildman–Crippen LogP) is 4.94. The Morgan fingerprint density at radius 2 is 2.04 bits per heavy atom. The van der Waals surface area contributed by atoms with Crippen LogP contribution in [0.15, 0.2) is 41.0 Å². The highest BCUT2D eigenvalue weighted by Gasteiger charge is 2.30. The fourth-order valence-electron chi connectivity index (χ4n) is 1.86. The lowest BCUT2D eigenvalue weighted by Gasteiger charge is -2.08. The molecule has 1 heterocycles. The maximum Gasteiger partial charge on any atom is 0.417 e. The number of ether oxygens (including phenoxy) is 1. The number of nitrogens with zero attached hydrogens (tertiary/aromatic N) is 2. The van der Waals surface area contributed by atoms with Crippen molar-refractivity contribution in [3.8, 4) is 11.8 Å². The second-order valence-corrected chi connectivity index (χ2v) is 5.40. The van der Waals surface area contributed by atoms with Crippen LogP contribution in [0.2, 0.25) is 0 Å². The van der Waals surface area contributed by atoms with Gasteiger partial charge in [-0.05, 0) is 36.4 Å². The summed E-state index contributed by atoms with van der Waals surface area (Å²) in [6, 6.07) is 9.23. The van der Waals surface area contributed by atoms with Crippen molar-refractivity contribution >= 4 is 27.6 Å². The van der Waals surface area contributed by atoms with Crippen LogP contribution in [0.3, 0.4) is 0 Å². The molecular weight excluding hydrogens is 373 g/mol. The van der Waals surface area contributed by atoms with Gasteiger partial charge < -0.3 is 4.74 Å². The number of pyridine rings is 1. The van der Waals surface area contributed by atoms with E-state index in [1.54, 1.807) is 18.2 Å². The molecule has 0 amide bonds. The van der Waals surface area contributed by atoms with Crippen molar-refractivity contribution in [1.29, 1.82) is 5.26 Å². The first-order valence-corrected chi connectivity index (χ1v) is 7.13. The van der Waals surface area contributed by atoms with Crippen LogP contribution in [0.5, 0.6) is 5.75 Å². The van der Waals surface area contributed by atoms with Gasteiger partial charge in [-0.3, -0.25) is 4.98 Å². The van der Waals surface area contributed by atoms with Crippen LogP contribution < -0.4 is 4.74 Å². The van der Waals surface area contributed by atoms with E-state index in [9.17, 15) is 18.4 Å². The Labute approximate surface area is 139 Å². The second kappa shape index (κ2) is 6.84. The van der Waals surface area contributed by atoms with E-state index in [4.69, 9.17) is 4.74 Å². The lowest BCUT2D eigenvalue weighted by Crippen LogP contribution is -2.05. The molecular formula is C16H10BrF3N2O. The third kappa shape index (κ3) is 4.11. The predicted molar refractivity (Wildman–Crippen MR) is 83.4 cm³/mol. The molecule has 0 fully saturated rings. The van der Waals surface area contributed by atoms with Gasteiger partial charge in [-0.1, -0.05) is 15.9 Å². The van der Waals surface area contributed by atoms with Gasteiger partial charge in [-0.15, -0.1) is 0 Å². The van der Waals surface area contributed by atoms with Crippen molar-refractivity contribution in [2.75, 3.05) is 7.11 Å². The topological polar surface area (TPSA) is 45.9 Å². The summed E-state index contributed by atoms with van der Waals surface area (Å²) < 4.78 is 43.6. The molecule has 0 radical (unpaired) electrons. The van der Waals surface area contributed by atoms with Gasteiger partial charge in [0, 0.05) is 16.2 Å². The Morgan fingerprint density at radius 3 is 2.57 bits per heavy atom. The Hall–Kier alpha value is -2.33. The lowest BCUT2D eigenvalue weighted by atomic mass is 10.1. The summed E-state index contributed by atoms with van der Waals surface area (Å²) in [5, 5.41) is 9.27. The summed E-state index contributed by atoms with van der Waals surface area (Å²) in [6.45, 7) is 0. The molecule has 1 aromatic heterocycles. The van der Waals surface area contributed by atoms with Crippen LogP contribution in [0.25, 0.3) is 11.6 Å². The highest BCUT2D eigenvalue weighted by Crippen LogP contribution is 2.30. The standard InChI is InChI=1S/C16H10BrF3N2O/c1-23-15-5-3-13(17)7-10(15)6-11(8-21)14-4-2-12(9-22-14)16(18,19)20/h2-7,9H,1H3/b11-6+. The average molecular weight is 383 g/mol. The number of hydrogen-bond donors (Lipinski definition) is 0. The maximum atomic E-state index is 12.6. The maximum absolute atomic E-state index is 12.6. The van der Waals surface area contributed by atoms with Crippen LogP contribution >= 0.6 is 15.9 Å². The zero-order chi connectivity index (χ0) is 17.0. The van der Waals surface area contributed by atoms with Gasteiger partial charge in [-0.2, -0.15) is 18.4 Å². The number of hydrogen-bond acceptors (Lipinski definition) is 3. The molecule has 0 aliphatic heterocycles. The van der Waals surface area contributed by atoms with E-state index in [-0.39, 0.29) is 11.3 Å². The number of aromatic nitrogens is 1. The van der Waals surface area contributed by atoms with E-state index in [2.05, 4.69) is 20.9 Å². The van der Waals surface area contributed by atoms with E-state index < -0.39 is 11.7 Å². The van der Waals surface area contributed by atoms with E-state index in [1.165, 1.54) is 19.3 Å². The van der Waals surface area contributed by atoms with Crippen LogP contribution in [0.1, 0.15) is 16.8 Å². The van der Waals surface area contributed by atoms with Gasteiger partial charge in [-0.25, -0.2) is 0 Å². The Kier molecular flexibility index (Phi) is 5.06. The molecule has 3 nitrogen and oxygen atoms in total. The molecule has 118 valence electrons. The minimum Gasteiger partial charge on any atom is -0.496 e. The summed E-state index contributed by atoms with van der Waals surface area (Å²) in [7, 11) is 1.49. The van der Waals surface area contributed by atoms with Gasteiger partial charge in [0.15, 0.2) is 0 Å². The molecule has 0 N–H and O–H groups in total. The molecule has 0 atom stereocenters. The van der Waals surface area contributed by atoms with Crippen LogP contribution in [0.4, 0.5) is 13.2 Å². The summed E-state index contributed by atoms with van der Waals surface area (Å²) in [5.41, 5.74) is 0.0383. The van der Waals surface area contributed by atoms with Crippen LogP contribution in [-0.2, 0) is 6.18 Å². The smallest absolute Gasteiger partial charge is 0.417 e. The minimum atomic E-state index is -4.46. The van der Waals surface area contributed by atoms with Crippen molar-refractivity contribution in [2.45, 2.75) is 6.18 Å². The summed E-state index contributed by atoms with van der Waals surface area (Å²) >= 11 is 3.32. The fraction of sp³-hybridized carbons (Fsp3) is 0.125. The first-order chi connectivity index (χ1) is 10.8. The molecule has 0 bridgehead atoms. The van der Waals surface area contributed by atoms with Crippen molar-refractivity contribution in [2.24, 2.45) is 0 Å². The number of alkyl halides is 3. The first kappa shape index (κ1) is 17.0. The Bertz CT molecular complexity index is 777. The molecule has 0 spiro atoms. The highest BCUT2D eigenvalue weighted by atomic mass is 79.9. The molecule has 0 saturated heterocycles. The molecule has 23 heavy (non-hydrogen) atoms. The molecule has 2 aromatic rings. The van der Waals surface area contributed by atoms with Crippen molar-refractivity contribution < 1.29 is 17.9 Å². The second-order valence-electron chi connectivity index (χ2n) is 4.49. The molecule has 0 unspecified atom stereocenters. The van der Waals surface area contributed by atoms with Gasteiger partial charge >= 0.3 is 6.18 Å². The number of methoxy groups -OCH3 is 1. The molecule has 2 rings (SSSR count). The van der Waals surface area contributed by atoms with E-state index in [1.807, 2.05) is 6.07 Å². The first-order valence-electron chi connectivity index (χ1n) is 6.34. The summed E-state index contributed by atoms with van der Waals surface area (Å²) in [6.07, 6.45) is -2.24. The lowest BCUT2D eigenvalue weighted by molar-refractivity contribution is -0.137. The molecule has 0 saturated carbocycles. The number of halogens is 4. The van der Waals surface area contributed by atoms with Crippen LogP contribution in [0, 0.1) is 11.3 Å². The number of rotatable bonds is 3. The molecule has 0 aliphatic carbocycles. The highest BCUT2D eigenvalue weighted by molar-refractivity contribution is 9.10. The zero-order valence-electron chi connectivity index (χ0n) is 11.9. The van der Waals surface area contributed by atoms with Gasteiger partial charge in [0.05, 0.1) is 23.9 Å². The third-order valence-electron chi connectivity index (χ3n) is 2.98. The van der Waals surface area contributed by atoms with Crippen molar-refractivity contribution in [3.63, 3.8) is 0 Å². The summed E-state index contributed by atoms with van der Waals surface area (Å²) in [5.74, 6) is 0.535. The third-order valence-corrected chi connectivity index (χ3v) is 3.47. The molecule has 7 heteroatoms. The fourth-order valence-corrected chi connectivity index (χ4v) is 2.24. The van der Waals surface area contributed by atoms with E-state index >= 15 is 0 Å². The summed E-state index contributed by atoms with van der Waals surface area (Å²) in [4.78, 5) is 3.73. The molecule has 1 aromatic carbocycles. The van der Waals surface area contributed by atoms with Gasteiger partial charge in [0.2, 0.25) is 0 Å². The molecule has 0 aliphatic rings. The average Bonchev–Trinajstić information content (AvgIpc) is 2.52. The van der Waals surface area contributed by atoms with Crippen molar-refractivity contribution in [1.82, 2.24) is 4.98 Å². The number of benzene rings is 1.